The van der Waals surface area contributed by atoms with Gasteiger partial charge >= 0.3 is 0 Å². The monoisotopic (exact) mass is 385 g/mol. The molecule has 0 saturated carbocycles. The first-order chi connectivity index (χ1) is 14.2. The number of ether oxygens (including phenoxy) is 1. The van der Waals surface area contributed by atoms with E-state index in [1.165, 1.54) is 0 Å². The molecule has 29 heavy (non-hydrogen) atoms. The highest BCUT2D eigenvalue weighted by molar-refractivity contribution is 5.96. The molecule has 0 atom stereocenters. The lowest BCUT2D eigenvalue weighted by atomic mass is 10.1. The molecule has 4 rings (SSSR count). The van der Waals surface area contributed by atoms with Crippen molar-refractivity contribution in [2.24, 2.45) is 0 Å². The summed E-state index contributed by atoms with van der Waals surface area (Å²) in [7, 11) is 0. The molecule has 6 nitrogen and oxygen atoms in total. The molecule has 6 heteroatoms. The number of pyridine rings is 1. The number of carbonyl (C=O) groups is 2. The molecule has 0 fully saturated rings. The van der Waals surface area contributed by atoms with Crippen LogP contribution in [0.15, 0.2) is 91.3 Å². The Labute approximate surface area is 167 Å². The summed E-state index contributed by atoms with van der Waals surface area (Å²) in [4.78, 5) is 24.4. The molecule has 0 aliphatic rings. The molecule has 4 aromatic rings. The lowest BCUT2D eigenvalue weighted by Crippen LogP contribution is -2.43. The van der Waals surface area contributed by atoms with Gasteiger partial charge in [0.05, 0.1) is 5.56 Å². The van der Waals surface area contributed by atoms with Gasteiger partial charge in [-0.2, -0.15) is 0 Å². The molecule has 144 valence electrons. The Balaban J connectivity index is 1.34. The van der Waals surface area contributed by atoms with Crippen molar-refractivity contribution < 1.29 is 14.3 Å². The number of hydrogen-bond donors (Lipinski definition) is 2. The zero-order valence-electron chi connectivity index (χ0n) is 15.5. The Morgan fingerprint density at radius 1 is 0.862 bits per heavy atom. The Kier molecular flexibility index (Phi) is 5.25. The molecular formula is C23H19N3O3. The van der Waals surface area contributed by atoms with Crippen LogP contribution in [-0.4, -0.2) is 22.8 Å². The number of carbonyl (C=O) groups excluding carboxylic acids is 2. The molecule has 0 unspecified atom stereocenters. The first-order valence-electron chi connectivity index (χ1n) is 9.14. The summed E-state index contributed by atoms with van der Waals surface area (Å²) >= 11 is 0. The standard InChI is InChI=1S/C23H19N3O3/c27-22(24-25-23(28)18-14-19-10-6-7-13-26(19)15-18)16-29-21-12-5-4-11-20(21)17-8-2-1-3-9-17/h1-15H,16H2,(H,24,27)(H,25,28). The van der Waals surface area contributed by atoms with Crippen molar-refractivity contribution in [3.8, 4) is 16.9 Å². The highest BCUT2D eigenvalue weighted by Crippen LogP contribution is 2.29. The van der Waals surface area contributed by atoms with E-state index in [4.69, 9.17) is 4.74 Å². The first-order valence-corrected chi connectivity index (χ1v) is 9.14. The Hall–Kier alpha value is -4.06. The van der Waals surface area contributed by atoms with Crippen LogP contribution in [-0.2, 0) is 4.79 Å². The molecule has 0 bridgehead atoms. The molecule has 0 saturated heterocycles. The first kappa shape index (κ1) is 18.3. The van der Waals surface area contributed by atoms with Crippen molar-refractivity contribution >= 4 is 17.3 Å². The van der Waals surface area contributed by atoms with Crippen molar-refractivity contribution in [3.63, 3.8) is 0 Å². The fourth-order valence-corrected chi connectivity index (χ4v) is 3.01. The second-order valence-corrected chi connectivity index (χ2v) is 6.41. The van der Waals surface area contributed by atoms with E-state index in [-0.39, 0.29) is 6.61 Å². The number of hydrogen-bond acceptors (Lipinski definition) is 3. The van der Waals surface area contributed by atoms with Gasteiger partial charge in [-0.3, -0.25) is 20.4 Å². The molecule has 2 heterocycles. The van der Waals surface area contributed by atoms with E-state index in [1.807, 2.05) is 77.3 Å². The van der Waals surface area contributed by atoms with Gasteiger partial charge in [0.2, 0.25) is 0 Å². The summed E-state index contributed by atoms with van der Waals surface area (Å²) in [6, 6.07) is 24.7. The van der Waals surface area contributed by atoms with Crippen LogP contribution in [0.25, 0.3) is 16.6 Å². The maximum Gasteiger partial charge on any atom is 0.276 e. The lowest BCUT2D eigenvalue weighted by molar-refractivity contribution is -0.123. The summed E-state index contributed by atoms with van der Waals surface area (Å²) in [5, 5.41) is 0. The number of fused-ring (bicyclic) bond motifs is 1. The van der Waals surface area contributed by atoms with Gasteiger partial charge in [-0.25, -0.2) is 0 Å². The quantitative estimate of drug-likeness (QED) is 0.517. The third kappa shape index (κ3) is 4.27. The van der Waals surface area contributed by atoms with Crippen LogP contribution < -0.4 is 15.6 Å². The minimum absolute atomic E-state index is 0.220. The normalized spacial score (nSPS) is 10.5. The summed E-state index contributed by atoms with van der Waals surface area (Å²) in [6.45, 7) is -0.220. The van der Waals surface area contributed by atoms with Gasteiger partial charge in [0.15, 0.2) is 6.61 Å². The second kappa shape index (κ2) is 8.31. The van der Waals surface area contributed by atoms with Crippen molar-refractivity contribution in [2.75, 3.05) is 6.61 Å². The molecule has 2 amide bonds. The largest absolute Gasteiger partial charge is 0.483 e. The van der Waals surface area contributed by atoms with Gasteiger partial charge in [0, 0.05) is 23.5 Å². The van der Waals surface area contributed by atoms with Crippen molar-refractivity contribution in [3.05, 3.63) is 96.8 Å². The molecule has 0 aliphatic heterocycles. The number of aromatic nitrogens is 1. The number of rotatable bonds is 5. The van der Waals surface area contributed by atoms with Crippen LogP contribution in [0, 0.1) is 0 Å². The highest BCUT2D eigenvalue weighted by atomic mass is 16.5. The van der Waals surface area contributed by atoms with Crippen LogP contribution in [0.4, 0.5) is 0 Å². The summed E-state index contributed by atoms with van der Waals surface area (Å²) in [5.74, 6) is -0.254. The van der Waals surface area contributed by atoms with E-state index in [1.54, 1.807) is 18.3 Å². The van der Waals surface area contributed by atoms with Crippen LogP contribution in [0.2, 0.25) is 0 Å². The van der Waals surface area contributed by atoms with Gasteiger partial charge < -0.3 is 9.14 Å². The van der Waals surface area contributed by atoms with Gasteiger partial charge in [-0.1, -0.05) is 54.6 Å². The summed E-state index contributed by atoms with van der Waals surface area (Å²) in [6.07, 6.45) is 3.55. The third-order valence-corrected chi connectivity index (χ3v) is 4.41. The van der Waals surface area contributed by atoms with E-state index in [0.29, 0.717) is 11.3 Å². The number of amides is 2. The molecule has 2 aromatic heterocycles. The molecule has 0 aliphatic carbocycles. The lowest BCUT2D eigenvalue weighted by Gasteiger charge is -2.12. The van der Waals surface area contributed by atoms with Crippen molar-refractivity contribution in [1.82, 2.24) is 15.3 Å². The minimum Gasteiger partial charge on any atom is -0.483 e. The molecule has 0 spiro atoms. The predicted molar refractivity (Wildman–Crippen MR) is 110 cm³/mol. The van der Waals surface area contributed by atoms with Crippen LogP contribution in [0.5, 0.6) is 5.75 Å². The van der Waals surface area contributed by atoms with Crippen molar-refractivity contribution in [1.29, 1.82) is 0 Å². The van der Waals surface area contributed by atoms with Gasteiger partial charge in [-0.15, -0.1) is 0 Å². The third-order valence-electron chi connectivity index (χ3n) is 4.41. The van der Waals surface area contributed by atoms with E-state index in [2.05, 4.69) is 10.9 Å². The molecule has 2 aromatic carbocycles. The molecule has 0 radical (unpaired) electrons. The highest BCUT2D eigenvalue weighted by Gasteiger charge is 2.11. The number of nitrogens with zero attached hydrogens (tertiary/aromatic N) is 1. The Morgan fingerprint density at radius 3 is 2.45 bits per heavy atom. The zero-order chi connectivity index (χ0) is 20.1. The summed E-state index contributed by atoms with van der Waals surface area (Å²) in [5.41, 5.74) is 8.03. The molecular weight excluding hydrogens is 366 g/mol. The van der Waals surface area contributed by atoms with Crippen molar-refractivity contribution in [2.45, 2.75) is 0 Å². The number of nitrogens with one attached hydrogen (secondary N) is 2. The maximum atomic E-state index is 12.3. The minimum atomic E-state index is -0.454. The average molecular weight is 385 g/mol. The van der Waals surface area contributed by atoms with Crippen LogP contribution >= 0.6 is 0 Å². The van der Waals surface area contributed by atoms with E-state index in [0.717, 1.165) is 16.6 Å². The Bertz CT molecular complexity index is 1120. The summed E-state index contributed by atoms with van der Waals surface area (Å²) < 4.78 is 7.51. The number of benzene rings is 2. The van der Waals surface area contributed by atoms with E-state index < -0.39 is 11.8 Å². The van der Waals surface area contributed by atoms with Crippen LogP contribution in [0.3, 0.4) is 0 Å². The second-order valence-electron chi connectivity index (χ2n) is 6.41. The van der Waals surface area contributed by atoms with Gasteiger partial charge in [-0.05, 0) is 29.8 Å². The number of hydrazine groups is 1. The van der Waals surface area contributed by atoms with E-state index in [9.17, 15) is 9.59 Å². The van der Waals surface area contributed by atoms with E-state index >= 15 is 0 Å². The maximum absolute atomic E-state index is 12.3. The number of para-hydroxylation sites is 1. The van der Waals surface area contributed by atoms with Gasteiger partial charge in [0.1, 0.15) is 5.75 Å². The van der Waals surface area contributed by atoms with Crippen LogP contribution in [0.1, 0.15) is 10.4 Å². The fourth-order valence-electron chi connectivity index (χ4n) is 3.01. The molecule has 2 N–H and O–H groups in total. The topological polar surface area (TPSA) is 71.8 Å². The predicted octanol–water partition coefficient (Wildman–Crippen LogP) is 3.45. The Morgan fingerprint density at radius 2 is 1.62 bits per heavy atom. The SMILES string of the molecule is O=C(COc1ccccc1-c1ccccc1)NNC(=O)c1cc2ccccn2c1. The smallest absolute Gasteiger partial charge is 0.276 e. The average Bonchev–Trinajstić information content (AvgIpc) is 3.21. The fraction of sp³-hybridized carbons (Fsp3) is 0.0435. The van der Waals surface area contributed by atoms with Gasteiger partial charge in [0.25, 0.3) is 11.8 Å². The zero-order valence-corrected chi connectivity index (χ0v) is 15.5.